The van der Waals surface area contributed by atoms with E-state index < -0.39 is 8.93 Å². The normalized spacial score (nSPS) is 15.8. The summed E-state index contributed by atoms with van der Waals surface area (Å²) in [7, 11) is -0.248. The van der Waals surface area contributed by atoms with Crippen LogP contribution >= 0.6 is 0 Å². The highest BCUT2D eigenvalue weighted by Crippen LogP contribution is 2.05. The molecular formula is C7H14N2O2Si. The van der Waals surface area contributed by atoms with Gasteiger partial charge in [0.2, 0.25) is 0 Å². The monoisotopic (exact) mass is 186 g/mol. The summed E-state index contributed by atoms with van der Waals surface area (Å²) in [4.78, 5) is 12.8. The van der Waals surface area contributed by atoms with Gasteiger partial charge in [0.25, 0.3) is 0 Å². The maximum atomic E-state index is 10.4. The fourth-order valence-corrected chi connectivity index (χ4v) is 1.63. The molecule has 4 nitrogen and oxygen atoms in total. The van der Waals surface area contributed by atoms with Crippen molar-refractivity contribution in [1.82, 2.24) is 9.80 Å². The smallest absolute Gasteiger partial charge is 0.500 e. The summed E-state index contributed by atoms with van der Waals surface area (Å²) in [6.07, 6.45) is 4.81. The molecule has 5 heteroatoms. The van der Waals surface area contributed by atoms with Crippen molar-refractivity contribution in [2.45, 2.75) is 12.5 Å². The zero-order valence-corrected chi connectivity index (χ0v) is 8.23. The summed E-state index contributed by atoms with van der Waals surface area (Å²) in [5.74, 6) is 0. The van der Waals surface area contributed by atoms with Crippen LogP contribution in [0, 0.1) is 0 Å². The average Bonchev–Trinajstić information content (AvgIpc) is 2.35. The molecule has 0 amide bonds. The highest BCUT2D eigenvalue weighted by atomic mass is 28.3. The number of nitrogens with zero attached hydrogens (tertiary/aromatic N) is 2. The molecule has 0 aromatic rings. The van der Waals surface area contributed by atoms with Gasteiger partial charge in [-0.15, -0.1) is 0 Å². The zero-order chi connectivity index (χ0) is 8.97. The lowest BCUT2D eigenvalue weighted by atomic mass is 10.4. The SMILES string of the molecule is CN1C=CN(CCC[Si](=O)O)C1. The highest BCUT2D eigenvalue weighted by molar-refractivity contribution is 6.32. The molecule has 1 N–H and O–H groups in total. The fourth-order valence-electron chi connectivity index (χ4n) is 1.17. The zero-order valence-electron chi connectivity index (χ0n) is 7.23. The first-order valence-corrected chi connectivity index (χ1v) is 5.59. The summed E-state index contributed by atoms with van der Waals surface area (Å²) < 4.78 is 10.4. The second kappa shape index (κ2) is 4.25. The van der Waals surface area contributed by atoms with E-state index in [9.17, 15) is 4.46 Å². The Morgan fingerprint density at radius 3 is 2.83 bits per heavy atom. The molecule has 12 heavy (non-hydrogen) atoms. The molecule has 0 atom stereocenters. The van der Waals surface area contributed by atoms with Gasteiger partial charge in [-0.2, -0.15) is 0 Å². The third-order valence-electron chi connectivity index (χ3n) is 1.77. The van der Waals surface area contributed by atoms with Gasteiger partial charge in [0.15, 0.2) is 0 Å². The van der Waals surface area contributed by atoms with Gasteiger partial charge in [0.1, 0.15) is 0 Å². The van der Waals surface area contributed by atoms with E-state index in [4.69, 9.17) is 4.80 Å². The quantitative estimate of drug-likeness (QED) is 0.626. The summed E-state index contributed by atoms with van der Waals surface area (Å²) >= 11 is 0. The molecule has 68 valence electrons. The Kier molecular flexibility index (Phi) is 3.27. The third kappa shape index (κ3) is 3.04. The molecule has 1 rings (SSSR count). The molecule has 0 spiro atoms. The summed E-state index contributed by atoms with van der Waals surface area (Å²) in [6, 6.07) is 0.443. The first-order chi connectivity index (χ1) is 5.68. The molecule has 0 bridgehead atoms. The Balaban J connectivity index is 2.09. The molecule has 1 heterocycles. The average molecular weight is 186 g/mol. The van der Waals surface area contributed by atoms with Crippen LogP contribution in [0.2, 0.25) is 6.04 Å². The van der Waals surface area contributed by atoms with E-state index in [1.807, 2.05) is 19.4 Å². The predicted molar refractivity (Wildman–Crippen MR) is 46.6 cm³/mol. The predicted octanol–water partition coefficient (Wildman–Crippen LogP) is -0.0364. The van der Waals surface area contributed by atoms with Crippen molar-refractivity contribution in [3.8, 4) is 0 Å². The van der Waals surface area contributed by atoms with Crippen LogP contribution < -0.4 is 0 Å². The fraction of sp³-hybridized carbons (Fsp3) is 0.714. The van der Waals surface area contributed by atoms with E-state index in [0.717, 1.165) is 19.6 Å². The topological polar surface area (TPSA) is 43.8 Å². The third-order valence-corrected chi connectivity index (χ3v) is 2.55. The molecule has 0 aliphatic carbocycles. The summed E-state index contributed by atoms with van der Waals surface area (Å²) in [6.45, 7) is 1.77. The number of rotatable bonds is 4. The van der Waals surface area contributed by atoms with Crippen molar-refractivity contribution in [1.29, 1.82) is 0 Å². The largest absolute Gasteiger partial charge is 0.540 e. The minimum atomic E-state index is -2.25. The highest BCUT2D eigenvalue weighted by Gasteiger charge is 2.08. The second-order valence-corrected chi connectivity index (χ2v) is 4.29. The molecule has 0 aromatic carbocycles. The van der Waals surface area contributed by atoms with Crippen LogP contribution in [-0.4, -0.2) is 43.8 Å². The second-order valence-electron chi connectivity index (χ2n) is 3.01. The van der Waals surface area contributed by atoms with Gasteiger partial charge in [-0.05, 0) is 6.42 Å². The molecule has 0 unspecified atom stereocenters. The van der Waals surface area contributed by atoms with E-state index in [1.165, 1.54) is 0 Å². The van der Waals surface area contributed by atoms with Crippen LogP contribution in [0.4, 0.5) is 0 Å². The van der Waals surface area contributed by atoms with Crippen LogP contribution in [-0.2, 0) is 4.46 Å². The molecule has 1 aliphatic heterocycles. The van der Waals surface area contributed by atoms with Gasteiger partial charge < -0.3 is 19.1 Å². The minimum absolute atomic E-state index is 0.443. The van der Waals surface area contributed by atoms with Crippen LogP contribution in [0.15, 0.2) is 12.4 Å². The van der Waals surface area contributed by atoms with Gasteiger partial charge in [0, 0.05) is 32.0 Å². The molecule has 1 aliphatic rings. The van der Waals surface area contributed by atoms with E-state index in [0.29, 0.717) is 6.04 Å². The van der Waals surface area contributed by atoms with E-state index in [2.05, 4.69) is 9.80 Å². The first-order valence-electron chi connectivity index (χ1n) is 4.03. The Labute approximate surface area is 73.9 Å². The van der Waals surface area contributed by atoms with Crippen LogP contribution in [0.5, 0.6) is 0 Å². The Morgan fingerprint density at radius 2 is 2.33 bits per heavy atom. The van der Waals surface area contributed by atoms with Crippen LogP contribution in [0.3, 0.4) is 0 Å². The first kappa shape index (κ1) is 9.25. The van der Waals surface area contributed by atoms with E-state index in [1.54, 1.807) is 0 Å². The lowest BCUT2D eigenvalue weighted by Crippen LogP contribution is -2.23. The maximum absolute atomic E-state index is 10.4. The lowest BCUT2D eigenvalue weighted by molar-refractivity contribution is 0.295. The van der Waals surface area contributed by atoms with Gasteiger partial charge >= 0.3 is 8.93 Å². The molecule has 0 aromatic heterocycles. The lowest BCUT2D eigenvalue weighted by Gasteiger charge is -2.16. The van der Waals surface area contributed by atoms with Gasteiger partial charge in [-0.1, -0.05) is 0 Å². The van der Waals surface area contributed by atoms with Crippen molar-refractivity contribution >= 4 is 8.93 Å². The molecular weight excluding hydrogens is 172 g/mol. The maximum Gasteiger partial charge on any atom is 0.500 e. The summed E-state index contributed by atoms with van der Waals surface area (Å²) in [5, 5.41) is 0. The Bertz CT molecular complexity index is 196. The minimum Gasteiger partial charge on any atom is -0.540 e. The van der Waals surface area contributed by atoms with E-state index >= 15 is 0 Å². The Morgan fingerprint density at radius 1 is 1.58 bits per heavy atom. The summed E-state index contributed by atoms with van der Waals surface area (Å²) in [5.41, 5.74) is 0. The van der Waals surface area contributed by atoms with Crippen molar-refractivity contribution < 1.29 is 9.26 Å². The van der Waals surface area contributed by atoms with Crippen LogP contribution in [0.1, 0.15) is 6.42 Å². The molecule has 0 fully saturated rings. The van der Waals surface area contributed by atoms with Crippen molar-refractivity contribution in [3.63, 3.8) is 0 Å². The van der Waals surface area contributed by atoms with Crippen molar-refractivity contribution in [2.24, 2.45) is 0 Å². The number of hydrogen-bond donors (Lipinski definition) is 1. The van der Waals surface area contributed by atoms with Gasteiger partial charge in [-0.25, -0.2) is 0 Å². The standard InChI is InChI=1S/C7H14N2O2Si/c1-8-4-5-9(7-8)3-2-6-12(10)11/h4-5,10H,2-3,6-7H2,1H3. The van der Waals surface area contributed by atoms with Gasteiger partial charge in [0.05, 0.1) is 6.67 Å². The molecule has 0 saturated heterocycles. The van der Waals surface area contributed by atoms with Crippen molar-refractivity contribution in [3.05, 3.63) is 12.4 Å². The van der Waals surface area contributed by atoms with Crippen molar-refractivity contribution in [2.75, 3.05) is 20.3 Å². The molecule has 0 saturated carbocycles. The molecule has 0 radical (unpaired) electrons. The van der Waals surface area contributed by atoms with E-state index in [-0.39, 0.29) is 0 Å². The Hall–Kier alpha value is -0.843. The van der Waals surface area contributed by atoms with Crippen LogP contribution in [0.25, 0.3) is 0 Å². The number of hydrogen-bond acceptors (Lipinski definition) is 3. The van der Waals surface area contributed by atoms with Gasteiger partial charge in [-0.3, -0.25) is 0 Å².